The fourth-order valence-electron chi connectivity index (χ4n) is 2.92. The van der Waals surface area contributed by atoms with Gasteiger partial charge in [0.05, 0.1) is 4.88 Å². The summed E-state index contributed by atoms with van der Waals surface area (Å²) in [6.45, 7) is 3.65. The number of hydrogen-bond donors (Lipinski definition) is 2. The molecule has 0 atom stereocenters. The van der Waals surface area contributed by atoms with E-state index in [-0.39, 0.29) is 5.91 Å². The van der Waals surface area contributed by atoms with E-state index < -0.39 is 0 Å². The number of rotatable bonds is 4. The second kappa shape index (κ2) is 7.29. The van der Waals surface area contributed by atoms with Gasteiger partial charge >= 0.3 is 0 Å². The Labute approximate surface area is 150 Å². The Kier molecular flexibility index (Phi) is 4.72. The van der Waals surface area contributed by atoms with Crippen LogP contribution in [0.15, 0.2) is 42.0 Å². The maximum absolute atomic E-state index is 12.4. The van der Waals surface area contributed by atoms with Gasteiger partial charge in [-0.25, -0.2) is 0 Å². The average molecular weight is 356 g/mol. The highest BCUT2D eigenvalue weighted by Crippen LogP contribution is 2.36. The molecule has 3 heterocycles. The second-order valence-corrected chi connectivity index (χ2v) is 7.11. The van der Waals surface area contributed by atoms with Crippen molar-refractivity contribution in [2.24, 2.45) is 0 Å². The lowest BCUT2D eigenvalue weighted by Gasteiger charge is -2.18. The van der Waals surface area contributed by atoms with Crippen LogP contribution in [-0.4, -0.2) is 38.8 Å². The molecule has 0 radical (unpaired) electrons. The van der Waals surface area contributed by atoms with Crippen LogP contribution in [0.5, 0.6) is 11.5 Å². The molecule has 1 amide bonds. The maximum atomic E-state index is 12.4. The van der Waals surface area contributed by atoms with Gasteiger partial charge in [-0.15, -0.1) is 11.3 Å². The zero-order valence-electron chi connectivity index (χ0n) is 13.8. The molecule has 0 saturated heterocycles. The smallest absolute Gasteiger partial charge is 0.261 e. The molecule has 2 aromatic rings. The Morgan fingerprint density at radius 3 is 2.88 bits per heavy atom. The van der Waals surface area contributed by atoms with Crippen molar-refractivity contribution in [2.75, 3.05) is 32.8 Å². The normalized spacial score (nSPS) is 16.2. The van der Waals surface area contributed by atoms with Crippen LogP contribution in [0.4, 0.5) is 0 Å². The first-order valence-corrected chi connectivity index (χ1v) is 9.28. The van der Waals surface area contributed by atoms with Crippen molar-refractivity contribution in [1.29, 1.82) is 0 Å². The van der Waals surface area contributed by atoms with Crippen molar-refractivity contribution < 1.29 is 14.3 Å². The number of carbonyl (C=O) groups excluding carboxylic acids is 1. The van der Waals surface area contributed by atoms with E-state index in [4.69, 9.17) is 9.47 Å². The number of fused-ring (bicyclic) bond motifs is 1. The molecule has 0 fully saturated rings. The molecule has 1 aromatic carbocycles. The van der Waals surface area contributed by atoms with Gasteiger partial charge in [0.2, 0.25) is 0 Å². The summed E-state index contributed by atoms with van der Waals surface area (Å²) < 4.78 is 11.2. The van der Waals surface area contributed by atoms with E-state index in [2.05, 4.69) is 16.7 Å². The number of amides is 1. The lowest BCUT2D eigenvalue weighted by molar-refractivity contribution is 0.0960. The van der Waals surface area contributed by atoms with Gasteiger partial charge in [0.15, 0.2) is 11.5 Å². The molecule has 5 nitrogen and oxygen atoms in total. The van der Waals surface area contributed by atoms with E-state index in [1.54, 1.807) is 0 Å². The monoisotopic (exact) mass is 356 g/mol. The highest BCUT2D eigenvalue weighted by Gasteiger charge is 2.15. The summed E-state index contributed by atoms with van der Waals surface area (Å²) in [7, 11) is 0. The molecule has 4 rings (SSSR count). The third-order valence-corrected chi connectivity index (χ3v) is 5.42. The van der Waals surface area contributed by atoms with Crippen LogP contribution in [0, 0.1) is 0 Å². The molecular weight excluding hydrogens is 336 g/mol. The summed E-state index contributed by atoms with van der Waals surface area (Å²) in [6.07, 6.45) is 3.14. The van der Waals surface area contributed by atoms with Crippen molar-refractivity contribution in [3.63, 3.8) is 0 Å². The average Bonchev–Trinajstić information content (AvgIpc) is 3.17. The molecule has 2 N–H and O–H groups in total. The number of thiophene rings is 1. The molecule has 0 unspecified atom stereocenters. The van der Waals surface area contributed by atoms with Gasteiger partial charge in [-0.05, 0) is 48.9 Å². The van der Waals surface area contributed by atoms with Gasteiger partial charge in [0.25, 0.3) is 5.91 Å². The second-order valence-electron chi connectivity index (χ2n) is 6.02. The Bertz CT molecular complexity index is 813. The minimum atomic E-state index is -0.0202. The molecule has 0 bridgehead atoms. The quantitative estimate of drug-likeness (QED) is 0.827. The molecule has 130 valence electrons. The van der Waals surface area contributed by atoms with E-state index >= 15 is 0 Å². The summed E-state index contributed by atoms with van der Waals surface area (Å²) >= 11 is 1.49. The number of carbonyl (C=O) groups is 1. The van der Waals surface area contributed by atoms with Crippen LogP contribution in [0.25, 0.3) is 10.4 Å². The lowest BCUT2D eigenvalue weighted by Crippen LogP contribution is -2.29. The molecule has 6 heteroatoms. The predicted molar refractivity (Wildman–Crippen MR) is 98.6 cm³/mol. The van der Waals surface area contributed by atoms with Crippen molar-refractivity contribution in [3.8, 4) is 21.9 Å². The summed E-state index contributed by atoms with van der Waals surface area (Å²) in [5, 5.41) is 6.29. The highest BCUT2D eigenvalue weighted by molar-refractivity contribution is 7.17. The van der Waals surface area contributed by atoms with Crippen molar-refractivity contribution in [3.05, 3.63) is 46.9 Å². The van der Waals surface area contributed by atoms with E-state index in [0.29, 0.717) is 19.8 Å². The largest absolute Gasteiger partial charge is 0.486 e. The Balaban J connectivity index is 1.44. The van der Waals surface area contributed by atoms with Gasteiger partial charge in [-0.2, -0.15) is 0 Å². The minimum absolute atomic E-state index is 0.0202. The first-order valence-electron chi connectivity index (χ1n) is 8.46. The summed E-state index contributed by atoms with van der Waals surface area (Å²) in [6, 6.07) is 9.76. The van der Waals surface area contributed by atoms with Crippen LogP contribution in [-0.2, 0) is 0 Å². The number of benzene rings is 1. The molecule has 2 aliphatic heterocycles. The fourth-order valence-corrected chi connectivity index (χ4v) is 3.84. The van der Waals surface area contributed by atoms with Crippen molar-refractivity contribution in [1.82, 2.24) is 10.6 Å². The molecule has 1 aromatic heterocycles. The third kappa shape index (κ3) is 3.70. The van der Waals surface area contributed by atoms with Gasteiger partial charge in [-0.3, -0.25) is 4.79 Å². The molecular formula is C19H20N2O3S. The van der Waals surface area contributed by atoms with Crippen LogP contribution in [0.3, 0.4) is 0 Å². The Hall–Kier alpha value is -2.31. The van der Waals surface area contributed by atoms with Crippen LogP contribution < -0.4 is 20.1 Å². The third-order valence-electron chi connectivity index (χ3n) is 4.29. The first-order chi connectivity index (χ1) is 12.3. The molecule has 0 saturated carbocycles. The number of hydrogen-bond acceptors (Lipinski definition) is 5. The fraction of sp³-hybridized carbons (Fsp3) is 0.316. The predicted octanol–water partition coefficient (Wildman–Crippen LogP) is 2.84. The van der Waals surface area contributed by atoms with Gasteiger partial charge in [-0.1, -0.05) is 11.6 Å². The SMILES string of the molecule is O=C(NCC1=CCNCC1)c1ccc(-c2ccc3c(c2)OCCO3)s1. The van der Waals surface area contributed by atoms with E-state index in [1.165, 1.54) is 16.9 Å². The van der Waals surface area contributed by atoms with E-state index in [1.807, 2.05) is 30.3 Å². The standard InChI is InChI=1S/C19H20N2O3S/c22-19(21-12-13-5-7-20-8-6-13)18-4-3-17(25-18)14-1-2-15-16(11-14)24-10-9-23-15/h1-5,11,20H,6-10,12H2,(H,21,22). The molecule has 25 heavy (non-hydrogen) atoms. The summed E-state index contributed by atoms with van der Waals surface area (Å²) in [4.78, 5) is 14.1. The first kappa shape index (κ1) is 16.2. The van der Waals surface area contributed by atoms with Gasteiger partial charge in [0, 0.05) is 18.0 Å². The lowest BCUT2D eigenvalue weighted by atomic mass is 10.1. The van der Waals surface area contributed by atoms with Crippen molar-refractivity contribution >= 4 is 17.2 Å². The zero-order chi connectivity index (χ0) is 17.1. The van der Waals surface area contributed by atoms with Crippen LogP contribution in [0.2, 0.25) is 0 Å². The van der Waals surface area contributed by atoms with Gasteiger partial charge in [0.1, 0.15) is 13.2 Å². The number of ether oxygens (including phenoxy) is 2. The van der Waals surface area contributed by atoms with Gasteiger partial charge < -0.3 is 20.1 Å². The van der Waals surface area contributed by atoms with Crippen molar-refractivity contribution in [2.45, 2.75) is 6.42 Å². The molecule has 2 aliphatic rings. The summed E-state index contributed by atoms with van der Waals surface area (Å²) in [5.74, 6) is 1.52. The Morgan fingerprint density at radius 1 is 1.16 bits per heavy atom. The van der Waals surface area contributed by atoms with E-state index in [0.717, 1.165) is 46.3 Å². The van der Waals surface area contributed by atoms with E-state index in [9.17, 15) is 4.79 Å². The molecule has 0 spiro atoms. The highest BCUT2D eigenvalue weighted by atomic mass is 32.1. The minimum Gasteiger partial charge on any atom is -0.486 e. The van der Waals surface area contributed by atoms with Crippen LogP contribution in [0.1, 0.15) is 16.1 Å². The zero-order valence-corrected chi connectivity index (χ0v) is 14.7. The summed E-state index contributed by atoms with van der Waals surface area (Å²) in [5.41, 5.74) is 2.32. The number of nitrogens with one attached hydrogen (secondary N) is 2. The topological polar surface area (TPSA) is 59.6 Å². The Morgan fingerprint density at radius 2 is 2.04 bits per heavy atom. The maximum Gasteiger partial charge on any atom is 0.261 e. The van der Waals surface area contributed by atoms with Crippen LogP contribution >= 0.6 is 11.3 Å². The molecule has 0 aliphatic carbocycles.